The fourth-order valence-corrected chi connectivity index (χ4v) is 3.69. The molecule has 0 heterocycles. The van der Waals surface area contributed by atoms with Gasteiger partial charge in [-0.2, -0.15) is 0 Å². The predicted molar refractivity (Wildman–Crippen MR) is 134 cm³/mol. The number of hydrogen-bond acceptors (Lipinski definition) is 6. The maximum atomic E-state index is 12.7. The van der Waals surface area contributed by atoms with E-state index in [1.54, 1.807) is 43.5 Å². The van der Waals surface area contributed by atoms with Crippen molar-refractivity contribution in [3.63, 3.8) is 0 Å². The number of methoxy groups -OCH3 is 1. The highest BCUT2D eigenvalue weighted by Gasteiger charge is 2.20. The van der Waals surface area contributed by atoms with Crippen molar-refractivity contribution in [2.24, 2.45) is 0 Å². The van der Waals surface area contributed by atoms with E-state index in [1.165, 1.54) is 12.1 Å². The average Bonchev–Trinajstić information content (AvgIpc) is 2.86. The zero-order valence-corrected chi connectivity index (χ0v) is 20.2. The Morgan fingerprint density at radius 3 is 2.11 bits per heavy atom. The number of ketones is 1. The standard InChI is InChI=1S/C28H31NO6/c1-28(2,16-19-8-12-22(34-3)13-9-19)29-17-21(30)18-35-23-14-10-20(11-15-23)26(31)24-6-4-5-7-25(24)27(32)33/h4-15,21,29-30H,16-18H2,1-3H3,(H,32,33). The minimum Gasteiger partial charge on any atom is -0.497 e. The number of rotatable bonds is 12. The number of benzene rings is 3. The molecule has 3 rings (SSSR count). The van der Waals surface area contributed by atoms with E-state index in [4.69, 9.17) is 9.47 Å². The lowest BCUT2D eigenvalue weighted by Crippen LogP contribution is -2.46. The van der Waals surface area contributed by atoms with Crippen LogP contribution in [0.3, 0.4) is 0 Å². The van der Waals surface area contributed by atoms with Crippen LogP contribution in [0.1, 0.15) is 45.7 Å². The Labute approximate surface area is 205 Å². The summed E-state index contributed by atoms with van der Waals surface area (Å²) in [5, 5.41) is 23.1. The van der Waals surface area contributed by atoms with Crippen molar-refractivity contribution in [1.29, 1.82) is 0 Å². The van der Waals surface area contributed by atoms with Crippen LogP contribution in [0.25, 0.3) is 0 Å². The van der Waals surface area contributed by atoms with Gasteiger partial charge in [0.25, 0.3) is 0 Å². The first kappa shape index (κ1) is 25.9. The van der Waals surface area contributed by atoms with E-state index in [-0.39, 0.29) is 29.1 Å². The number of hydrogen-bond donors (Lipinski definition) is 3. The topological polar surface area (TPSA) is 105 Å². The van der Waals surface area contributed by atoms with Gasteiger partial charge in [-0.05, 0) is 68.3 Å². The van der Waals surface area contributed by atoms with Crippen molar-refractivity contribution in [3.8, 4) is 11.5 Å². The van der Waals surface area contributed by atoms with Crippen LogP contribution in [0, 0.1) is 0 Å². The summed E-state index contributed by atoms with van der Waals surface area (Å²) >= 11 is 0. The van der Waals surface area contributed by atoms with E-state index in [0.29, 0.717) is 17.9 Å². The summed E-state index contributed by atoms with van der Waals surface area (Å²) in [7, 11) is 1.64. The molecule has 184 valence electrons. The first-order valence-electron chi connectivity index (χ1n) is 11.3. The molecule has 0 saturated heterocycles. The van der Waals surface area contributed by atoms with E-state index < -0.39 is 12.1 Å². The van der Waals surface area contributed by atoms with Crippen LogP contribution in [0.15, 0.2) is 72.8 Å². The third-order valence-corrected chi connectivity index (χ3v) is 5.58. The summed E-state index contributed by atoms with van der Waals surface area (Å²) in [5.74, 6) is -0.208. The molecule has 0 aromatic heterocycles. The van der Waals surface area contributed by atoms with Gasteiger partial charge < -0.3 is 25.0 Å². The second-order valence-corrected chi connectivity index (χ2v) is 8.96. The Bertz CT molecular complexity index is 1140. The van der Waals surface area contributed by atoms with Gasteiger partial charge in [0.15, 0.2) is 5.78 Å². The molecule has 3 aromatic rings. The molecule has 0 spiro atoms. The minimum absolute atomic E-state index is 0.0386. The van der Waals surface area contributed by atoms with Crippen LogP contribution in [-0.4, -0.2) is 53.9 Å². The molecule has 0 radical (unpaired) electrons. The highest BCUT2D eigenvalue weighted by atomic mass is 16.5. The summed E-state index contributed by atoms with van der Waals surface area (Å²) < 4.78 is 10.9. The van der Waals surface area contributed by atoms with Crippen molar-refractivity contribution >= 4 is 11.8 Å². The number of carboxylic acids is 1. The summed E-state index contributed by atoms with van der Waals surface area (Å²) in [6.45, 7) is 4.58. The monoisotopic (exact) mass is 477 g/mol. The molecule has 0 bridgehead atoms. The van der Waals surface area contributed by atoms with Crippen molar-refractivity contribution in [2.75, 3.05) is 20.3 Å². The molecule has 3 aromatic carbocycles. The van der Waals surface area contributed by atoms with Gasteiger partial charge in [-0.1, -0.05) is 30.3 Å². The van der Waals surface area contributed by atoms with Crippen LogP contribution in [0.4, 0.5) is 0 Å². The number of ether oxygens (including phenoxy) is 2. The zero-order chi connectivity index (χ0) is 25.4. The van der Waals surface area contributed by atoms with Gasteiger partial charge in [0.1, 0.15) is 24.2 Å². The summed E-state index contributed by atoms with van der Waals surface area (Å²) in [5.41, 5.74) is 1.38. The molecule has 7 heteroatoms. The Balaban J connectivity index is 1.49. The Morgan fingerprint density at radius 2 is 1.51 bits per heavy atom. The summed E-state index contributed by atoms with van der Waals surface area (Å²) in [4.78, 5) is 24.1. The van der Waals surface area contributed by atoms with Gasteiger partial charge in [0.2, 0.25) is 0 Å². The largest absolute Gasteiger partial charge is 0.497 e. The first-order valence-corrected chi connectivity index (χ1v) is 11.3. The zero-order valence-electron chi connectivity index (χ0n) is 20.2. The molecule has 0 aliphatic heterocycles. The summed E-state index contributed by atoms with van der Waals surface area (Å²) in [6.07, 6.45) is 0.0549. The molecule has 0 fully saturated rings. The molecule has 3 N–H and O–H groups in total. The van der Waals surface area contributed by atoms with E-state index in [9.17, 15) is 19.8 Å². The van der Waals surface area contributed by atoms with Crippen LogP contribution < -0.4 is 14.8 Å². The number of carbonyl (C=O) groups is 2. The van der Waals surface area contributed by atoms with E-state index in [1.807, 2.05) is 24.3 Å². The van der Waals surface area contributed by atoms with Crippen molar-refractivity contribution in [1.82, 2.24) is 5.32 Å². The molecule has 1 unspecified atom stereocenters. The maximum Gasteiger partial charge on any atom is 0.336 e. The molecule has 7 nitrogen and oxygen atoms in total. The molecule has 35 heavy (non-hydrogen) atoms. The number of aliphatic hydroxyl groups is 1. The minimum atomic E-state index is -1.15. The normalized spacial score (nSPS) is 12.1. The highest BCUT2D eigenvalue weighted by Crippen LogP contribution is 2.19. The van der Waals surface area contributed by atoms with Gasteiger partial charge in [0.05, 0.1) is 12.7 Å². The predicted octanol–water partition coefficient (Wildman–Crippen LogP) is 3.98. The van der Waals surface area contributed by atoms with Gasteiger partial charge in [0, 0.05) is 23.2 Å². The quantitative estimate of drug-likeness (QED) is 0.339. The Kier molecular flexibility index (Phi) is 8.63. The number of nitrogens with one attached hydrogen (secondary N) is 1. The van der Waals surface area contributed by atoms with Gasteiger partial charge in [-0.25, -0.2) is 4.79 Å². The van der Waals surface area contributed by atoms with E-state index in [0.717, 1.165) is 17.7 Å². The second kappa shape index (κ2) is 11.6. The lowest BCUT2D eigenvalue weighted by atomic mass is 9.94. The number of β-amino-alcohol motifs (C(OH)–C–C–N with tert-alkyl or cyclic N) is 1. The third-order valence-electron chi connectivity index (χ3n) is 5.58. The number of carbonyl (C=O) groups excluding carboxylic acids is 1. The molecule has 0 saturated carbocycles. The molecular formula is C28H31NO6. The molecule has 1 atom stereocenters. The fraction of sp³-hybridized carbons (Fsp3) is 0.286. The number of aliphatic hydroxyl groups excluding tert-OH is 1. The third kappa shape index (κ3) is 7.40. The maximum absolute atomic E-state index is 12.7. The number of carboxylic acid groups (broad SMARTS) is 1. The van der Waals surface area contributed by atoms with E-state index in [2.05, 4.69) is 19.2 Å². The van der Waals surface area contributed by atoms with Crippen molar-refractivity contribution in [3.05, 3.63) is 95.1 Å². The first-order chi connectivity index (χ1) is 16.7. The van der Waals surface area contributed by atoms with Gasteiger partial charge in [-0.3, -0.25) is 4.79 Å². The van der Waals surface area contributed by atoms with Crippen molar-refractivity contribution in [2.45, 2.75) is 31.9 Å². The van der Waals surface area contributed by atoms with Gasteiger partial charge in [-0.15, -0.1) is 0 Å². The fourth-order valence-electron chi connectivity index (χ4n) is 3.69. The Hall–Kier alpha value is -3.68. The van der Waals surface area contributed by atoms with Crippen LogP contribution in [-0.2, 0) is 6.42 Å². The average molecular weight is 478 g/mol. The Morgan fingerprint density at radius 1 is 0.914 bits per heavy atom. The van der Waals surface area contributed by atoms with Crippen LogP contribution in [0.5, 0.6) is 11.5 Å². The highest BCUT2D eigenvalue weighted by molar-refractivity contribution is 6.14. The van der Waals surface area contributed by atoms with Crippen molar-refractivity contribution < 1.29 is 29.3 Å². The van der Waals surface area contributed by atoms with Crippen LogP contribution in [0.2, 0.25) is 0 Å². The van der Waals surface area contributed by atoms with Gasteiger partial charge >= 0.3 is 5.97 Å². The molecule has 0 amide bonds. The number of aromatic carboxylic acids is 1. The second-order valence-electron chi connectivity index (χ2n) is 8.96. The van der Waals surface area contributed by atoms with E-state index >= 15 is 0 Å². The molecule has 0 aliphatic carbocycles. The summed E-state index contributed by atoms with van der Waals surface area (Å²) in [6, 6.07) is 20.4. The SMILES string of the molecule is COc1ccc(CC(C)(C)NCC(O)COc2ccc(C(=O)c3ccccc3C(=O)O)cc2)cc1. The smallest absolute Gasteiger partial charge is 0.336 e. The molecular weight excluding hydrogens is 446 g/mol. The van der Waals surface area contributed by atoms with Crippen LogP contribution >= 0.6 is 0 Å². The lowest BCUT2D eigenvalue weighted by Gasteiger charge is -2.28. The lowest BCUT2D eigenvalue weighted by molar-refractivity contribution is 0.0692. The molecule has 0 aliphatic rings.